The lowest BCUT2D eigenvalue weighted by Crippen LogP contribution is -2.45. The van der Waals surface area contributed by atoms with E-state index in [1.807, 2.05) is 25.1 Å². The van der Waals surface area contributed by atoms with E-state index in [0.29, 0.717) is 28.5 Å². The van der Waals surface area contributed by atoms with Gasteiger partial charge in [-0.3, -0.25) is 4.79 Å². The van der Waals surface area contributed by atoms with Crippen molar-refractivity contribution >= 4 is 27.1 Å². The van der Waals surface area contributed by atoms with Gasteiger partial charge >= 0.3 is 0 Å². The van der Waals surface area contributed by atoms with Crippen LogP contribution >= 0.6 is 11.3 Å². The van der Waals surface area contributed by atoms with Gasteiger partial charge in [-0.1, -0.05) is 19.1 Å². The molecule has 2 aliphatic heterocycles. The molecule has 0 saturated carbocycles. The third-order valence-corrected chi connectivity index (χ3v) is 8.40. The van der Waals surface area contributed by atoms with Gasteiger partial charge < -0.3 is 4.74 Å². The third-order valence-electron chi connectivity index (χ3n) is 4.86. The molecular formula is C18H19NO4S2. The quantitative estimate of drug-likeness (QED) is 0.824. The van der Waals surface area contributed by atoms with E-state index in [2.05, 4.69) is 0 Å². The van der Waals surface area contributed by atoms with Crippen molar-refractivity contribution in [3.05, 3.63) is 46.8 Å². The molecule has 1 atom stereocenters. The van der Waals surface area contributed by atoms with Gasteiger partial charge in [0.15, 0.2) is 5.78 Å². The molecule has 2 aliphatic rings. The van der Waals surface area contributed by atoms with Gasteiger partial charge in [0.2, 0.25) is 0 Å². The van der Waals surface area contributed by atoms with Crippen molar-refractivity contribution in [2.24, 2.45) is 0 Å². The number of nitrogens with zero attached hydrogens (tertiary/aromatic N) is 1. The SMILES string of the molecule is CCc1ccc(S(=O)(=O)N2CCC3(CC(=O)c4ccccc4O3)C2)s1. The Balaban J connectivity index is 1.60. The van der Waals surface area contributed by atoms with Crippen molar-refractivity contribution in [2.75, 3.05) is 13.1 Å². The van der Waals surface area contributed by atoms with E-state index in [0.717, 1.165) is 11.3 Å². The number of ether oxygens (including phenoxy) is 1. The highest BCUT2D eigenvalue weighted by Gasteiger charge is 2.49. The average Bonchev–Trinajstić information content (AvgIpc) is 3.23. The highest BCUT2D eigenvalue weighted by molar-refractivity contribution is 7.91. The summed E-state index contributed by atoms with van der Waals surface area (Å²) in [6.45, 7) is 2.60. The van der Waals surface area contributed by atoms with Crippen LogP contribution in [0.15, 0.2) is 40.6 Å². The Morgan fingerprint density at radius 1 is 1.24 bits per heavy atom. The Kier molecular flexibility index (Phi) is 3.97. The predicted octanol–water partition coefficient (Wildman–Crippen LogP) is 3.11. The molecule has 1 saturated heterocycles. The number of benzene rings is 1. The second kappa shape index (κ2) is 5.93. The number of rotatable bonds is 3. The van der Waals surface area contributed by atoms with Crippen LogP contribution in [0.25, 0.3) is 0 Å². The molecule has 1 unspecified atom stereocenters. The Morgan fingerprint density at radius 3 is 2.80 bits per heavy atom. The molecule has 3 heterocycles. The molecular weight excluding hydrogens is 358 g/mol. The summed E-state index contributed by atoms with van der Waals surface area (Å²) in [5, 5.41) is 0. The molecule has 5 nitrogen and oxygen atoms in total. The fourth-order valence-corrected chi connectivity index (χ4v) is 6.46. The van der Waals surface area contributed by atoms with Crippen LogP contribution in [0.1, 0.15) is 35.0 Å². The van der Waals surface area contributed by atoms with Gasteiger partial charge in [-0.2, -0.15) is 4.31 Å². The number of thiophene rings is 1. The maximum absolute atomic E-state index is 12.9. The maximum atomic E-state index is 12.9. The highest BCUT2D eigenvalue weighted by Crippen LogP contribution is 2.40. The number of sulfonamides is 1. The van der Waals surface area contributed by atoms with Crippen LogP contribution in [0, 0.1) is 0 Å². The summed E-state index contributed by atoms with van der Waals surface area (Å²) < 4.78 is 33.8. The molecule has 0 radical (unpaired) electrons. The monoisotopic (exact) mass is 377 g/mol. The van der Waals surface area contributed by atoms with E-state index in [9.17, 15) is 13.2 Å². The number of carbonyl (C=O) groups is 1. The molecule has 1 aromatic carbocycles. The van der Waals surface area contributed by atoms with E-state index in [1.165, 1.54) is 15.6 Å². The smallest absolute Gasteiger partial charge is 0.252 e. The van der Waals surface area contributed by atoms with Gasteiger partial charge in [-0.05, 0) is 30.7 Å². The summed E-state index contributed by atoms with van der Waals surface area (Å²) in [4.78, 5) is 13.5. The van der Waals surface area contributed by atoms with Crippen LogP contribution in [0.2, 0.25) is 0 Å². The zero-order valence-corrected chi connectivity index (χ0v) is 15.5. The van der Waals surface area contributed by atoms with Crippen molar-refractivity contribution in [3.8, 4) is 5.75 Å². The number of ketones is 1. The fourth-order valence-electron chi connectivity index (χ4n) is 3.50. The highest BCUT2D eigenvalue weighted by atomic mass is 32.2. The molecule has 1 aromatic heterocycles. The number of fused-ring (bicyclic) bond motifs is 1. The minimum Gasteiger partial charge on any atom is -0.485 e. The largest absolute Gasteiger partial charge is 0.485 e. The van der Waals surface area contributed by atoms with Crippen LogP contribution in [-0.2, 0) is 16.4 Å². The minimum absolute atomic E-state index is 0.0190. The molecule has 25 heavy (non-hydrogen) atoms. The summed E-state index contributed by atoms with van der Waals surface area (Å²) in [7, 11) is -3.54. The van der Waals surface area contributed by atoms with Crippen LogP contribution in [-0.4, -0.2) is 37.2 Å². The van der Waals surface area contributed by atoms with E-state index < -0.39 is 15.6 Å². The van der Waals surface area contributed by atoms with Crippen molar-refractivity contribution in [3.63, 3.8) is 0 Å². The number of aryl methyl sites for hydroxylation is 1. The molecule has 0 N–H and O–H groups in total. The van der Waals surface area contributed by atoms with Gasteiger partial charge in [0.05, 0.1) is 18.5 Å². The first-order chi connectivity index (χ1) is 11.9. The fraction of sp³-hybridized carbons (Fsp3) is 0.389. The summed E-state index contributed by atoms with van der Waals surface area (Å²) in [6, 6.07) is 10.7. The van der Waals surface area contributed by atoms with Crippen LogP contribution in [0.5, 0.6) is 5.75 Å². The Labute approximate surface area is 151 Å². The average molecular weight is 377 g/mol. The van der Waals surface area contributed by atoms with Gasteiger partial charge in [-0.25, -0.2) is 8.42 Å². The van der Waals surface area contributed by atoms with Gasteiger partial charge in [0.25, 0.3) is 10.0 Å². The van der Waals surface area contributed by atoms with Crippen LogP contribution < -0.4 is 4.74 Å². The van der Waals surface area contributed by atoms with Crippen molar-refractivity contribution in [2.45, 2.75) is 36.0 Å². The first-order valence-corrected chi connectivity index (χ1v) is 10.6. The number of hydrogen-bond donors (Lipinski definition) is 0. The molecule has 1 fully saturated rings. The van der Waals surface area contributed by atoms with Crippen molar-refractivity contribution in [1.82, 2.24) is 4.31 Å². The third kappa shape index (κ3) is 2.80. The second-order valence-corrected chi connectivity index (χ2v) is 9.88. The van der Waals surface area contributed by atoms with Crippen LogP contribution in [0.4, 0.5) is 0 Å². The normalized spacial score (nSPS) is 23.6. The number of Topliss-reactive ketones (excluding diaryl/α,β-unsaturated/α-hetero) is 1. The number of para-hydroxylation sites is 1. The summed E-state index contributed by atoms with van der Waals surface area (Å²) in [6.07, 6.45) is 1.57. The van der Waals surface area contributed by atoms with E-state index in [-0.39, 0.29) is 18.7 Å². The molecule has 132 valence electrons. The lowest BCUT2D eigenvalue weighted by atomic mass is 9.89. The summed E-state index contributed by atoms with van der Waals surface area (Å²) in [5.74, 6) is 0.577. The first kappa shape index (κ1) is 16.8. The zero-order valence-electron chi connectivity index (χ0n) is 13.9. The topological polar surface area (TPSA) is 63.7 Å². The first-order valence-electron chi connectivity index (χ1n) is 8.34. The molecule has 2 aromatic rings. The summed E-state index contributed by atoms with van der Waals surface area (Å²) >= 11 is 1.31. The standard InChI is InChI=1S/C18H19NO4S2/c1-2-13-7-8-17(24-13)25(21,22)19-10-9-18(12-19)11-15(20)14-5-3-4-6-16(14)23-18/h3-8H,2,9-12H2,1H3. The summed E-state index contributed by atoms with van der Waals surface area (Å²) in [5.41, 5.74) is -0.163. The predicted molar refractivity (Wildman–Crippen MR) is 95.8 cm³/mol. The Hall–Kier alpha value is -1.70. The Bertz CT molecular complexity index is 934. The zero-order chi connectivity index (χ0) is 17.7. The van der Waals surface area contributed by atoms with Gasteiger partial charge in [-0.15, -0.1) is 11.3 Å². The van der Waals surface area contributed by atoms with Crippen molar-refractivity contribution < 1.29 is 17.9 Å². The van der Waals surface area contributed by atoms with Crippen LogP contribution in [0.3, 0.4) is 0 Å². The maximum Gasteiger partial charge on any atom is 0.252 e. The molecule has 0 bridgehead atoms. The molecule has 0 amide bonds. The molecule has 0 aliphatic carbocycles. The minimum atomic E-state index is -3.54. The van der Waals surface area contributed by atoms with Gasteiger partial charge in [0, 0.05) is 17.8 Å². The van der Waals surface area contributed by atoms with E-state index >= 15 is 0 Å². The van der Waals surface area contributed by atoms with Gasteiger partial charge in [0.1, 0.15) is 15.6 Å². The van der Waals surface area contributed by atoms with E-state index in [4.69, 9.17) is 4.74 Å². The lowest BCUT2D eigenvalue weighted by molar-refractivity contribution is 0.0498. The molecule has 4 rings (SSSR count). The second-order valence-electron chi connectivity index (χ2n) is 6.54. The molecule has 7 heteroatoms. The van der Waals surface area contributed by atoms with E-state index in [1.54, 1.807) is 18.2 Å². The number of hydrogen-bond acceptors (Lipinski definition) is 5. The Morgan fingerprint density at radius 2 is 2.04 bits per heavy atom. The van der Waals surface area contributed by atoms with Crippen molar-refractivity contribution in [1.29, 1.82) is 0 Å². The number of carbonyl (C=O) groups excluding carboxylic acids is 1. The lowest BCUT2D eigenvalue weighted by Gasteiger charge is -2.34. The molecule has 1 spiro atoms.